The molecule has 2 aromatic carbocycles. The number of nitrogens with one attached hydrogen (secondary N) is 1. The number of methoxy groups -OCH3 is 2. The minimum atomic E-state index is -0.517. The lowest BCUT2D eigenvalue weighted by molar-refractivity contribution is -0.122. The molecule has 1 aliphatic rings. The Hall–Kier alpha value is -3.79. The van der Waals surface area contributed by atoms with E-state index < -0.39 is 11.7 Å². The van der Waals surface area contributed by atoms with Crippen molar-refractivity contribution in [2.75, 3.05) is 51.6 Å². The first-order chi connectivity index (χ1) is 16.3. The summed E-state index contributed by atoms with van der Waals surface area (Å²) in [6.07, 6.45) is 0.0989. The van der Waals surface area contributed by atoms with Gasteiger partial charge in [-0.15, -0.1) is 0 Å². The van der Waals surface area contributed by atoms with Gasteiger partial charge in [0.15, 0.2) is 17.1 Å². The van der Waals surface area contributed by atoms with Crippen molar-refractivity contribution in [2.24, 2.45) is 5.92 Å². The van der Waals surface area contributed by atoms with Crippen molar-refractivity contribution in [3.63, 3.8) is 0 Å². The molecule has 1 N–H and O–H groups in total. The number of hydrogen-bond donors (Lipinski definition) is 1. The predicted octanol–water partition coefficient (Wildman–Crippen LogP) is 2.16. The fourth-order valence-corrected chi connectivity index (χ4v) is 4.02. The third-order valence-electron chi connectivity index (χ3n) is 5.88. The van der Waals surface area contributed by atoms with Gasteiger partial charge in [-0.2, -0.15) is 0 Å². The summed E-state index contributed by atoms with van der Waals surface area (Å²) in [5.41, 5.74) is 2.24. The van der Waals surface area contributed by atoms with E-state index in [0.717, 1.165) is 0 Å². The first-order valence-electron chi connectivity index (χ1n) is 10.9. The molecular weight excluding hydrogens is 440 g/mol. The van der Waals surface area contributed by atoms with Gasteiger partial charge in [0, 0.05) is 43.5 Å². The molecule has 1 unspecified atom stereocenters. The average molecular weight is 469 g/mol. The van der Waals surface area contributed by atoms with Gasteiger partial charge in [0.25, 0.3) is 0 Å². The number of rotatable bonds is 8. The highest BCUT2D eigenvalue weighted by Crippen LogP contribution is 2.34. The van der Waals surface area contributed by atoms with E-state index in [-0.39, 0.29) is 24.8 Å². The van der Waals surface area contributed by atoms with Crippen LogP contribution in [0.2, 0.25) is 0 Å². The fourth-order valence-electron chi connectivity index (χ4n) is 4.02. The predicted molar refractivity (Wildman–Crippen MR) is 128 cm³/mol. The summed E-state index contributed by atoms with van der Waals surface area (Å²) in [6, 6.07) is 10.3. The van der Waals surface area contributed by atoms with Crippen LogP contribution in [-0.2, 0) is 16.1 Å². The van der Waals surface area contributed by atoms with Gasteiger partial charge < -0.3 is 29.0 Å². The van der Waals surface area contributed by atoms with Crippen LogP contribution in [0.5, 0.6) is 11.5 Å². The van der Waals surface area contributed by atoms with E-state index >= 15 is 0 Å². The molecule has 0 spiro atoms. The van der Waals surface area contributed by atoms with E-state index in [2.05, 4.69) is 5.32 Å². The molecular formula is C24H28N4O6. The van der Waals surface area contributed by atoms with E-state index in [1.807, 2.05) is 19.0 Å². The molecule has 10 nitrogen and oxygen atoms in total. The second kappa shape index (κ2) is 9.60. The van der Waals surface area contributed by atoms with Crippen LogP contribution in [0.3, 0.4) is 0 Å². The zero-order valence-electron chi connectivity index (χ0n) is 19.7. The third kappa shape index (κ3) is 4.62. The maximum absolute atomic E-state index is 13.0. The number of likely N-dealkylation sites (N-methyl/N-ethyl adjacent to an activating group) is 1. The largest absolute Gasteiger partial charge is 0.493 e. The molecule has 0 bridgehead atoms. The SMILES string of the molecule is COc1ccc(N2CC(C(=O)Nc3ccc4oc(=O)n(CCN(C)C)c4c3)CC2=O)cc1OC. The van der Waals surface area contributed by atoms with Crippen LogP contribution in [0, 0.1) is 5.92 Å². The molecule has 180 valence electrons. The molecule has 1 saturated heterocycles. The average Bonchev–Trinajstić information content (AvgIpc) is 3.36. The second-order valence-electron chi connectivity index (χ2n) is 8.44. The standard InChI is InChI=1S/C24H28N4O6/c1-26(2)9-10-27-18-12-16(5-7-19(18)34-24(27)31)25-23(30)15-11-22(29)28(14-15)17-6-8-20(32-3)21(13-17)33-4/h5-8,12-13,15H,9-11,14H2,1-4H3,(H,25,30). The van der Waals surface area contributed by atoms with E-state index in [9.17, 15) is 14.4 Å². The highest BCUT2D eigenvalue weighted by molar-refractivity contribution is 6.04. The summed E-state index contributed by atoms with van der Waals surface area (Å²) in [5.74, 6) is -0.291. The van der Waals surface area contributed by atoms with Crippen molar-refractivity contribution in [2.45, 2.75) is 13.0 Å². The van der Waals surface area contributed by atoms with E-state index in [4.69, 9.17) is 13.9 Å². The Kier molecular flexibility index (Phi) is 6.60. The molecule has 4 rings (SSSR count). The lowest BCUT2D eigenvalue weighted by atomic mass is 10.1. The summed E-state index contributed by atoms with van der Waals surface area (Å²) >= 11 is 0. The molecule has 2 heterocycles. The highest BCUT2D eigenvalue weighted by atomic mass is 16.5. The number of hydrogen-bond acceptors (Lipinski definition) is 7. The number of ether oxygens (including phenoxy) is 2. The number of oxazole rings is 1. The molecule has 3 aromatic rings. The van der Waals surface area contributed by atoms with Gasteiger partial charge in [-0.05, 0) is 44.4 Å². The Morgan fingerprint density at radius 3 is 2.59 bits per heavy atom. The van der Waals surface area contributed by atoms with Crippen LogP contribution in [0.1, 0.15) is 6.42 Å². The third-order valence-corrected chi connectivity index (χ3v) is 5.88. The van der Waals surface area contributed by atoms with Gasteiger partial charge in [0.2, 0.25) is 11.8 Å². The van der Waals surface area contributed by atoms with Crippen molar-refractivity contribution in [1.82, 2.24) is 9.47 Å². The Morgan fingerprint density at radius 2 is 1.88 bits per heavy atom. The molecule has 34 heavy (non-hydrogen) atoms. The first kappa shape index (κ1) is 23.4. The number of carbonyl (C=O) groups is 2. The van der Waals surface area contributed by atoms with Gasteiger partial charge in [-0.25, -0.2) is 4.79 Å². The van der Waals surface area contributed by atoms with Gasteiger partial charge in [0.05, 0.1) is 25.7 Å². The van der Waals surface area contributed by atoms with Crippen LogP contribution in [0.25, 0.3) is 11.1 Å². The zero-order chi connectivity index (χ0) is 24.4. The number of fused-ring (bicyclic) bond motifs is 1. The summed E-state index contributed by atoms with van der Waals surface area (Å²) < 4.78 is 17.4. The summed E-state index contributed by atoms with van der Waals surface area (Å²) in [6.45, 7) is 1.39. The number of carbonyl (C=O) groups excluding carboxylic acids is 2. The quantitative estimate of drug-likeness (QED) is 0.540. The number of aromatic nitrogens is 1. The molecule has 1 fully saturated rings. The molecule has 1 aromatic heterocycles. The van der Waals surface area contributed by atoms with Crippen LogP contribution < -0.4 is 25.4 Å². The van der Waals surface area contributed by atoms with Crippen molar-refractivity contribution in [1.29, 1.82) is 0 Å². The second-order valence-corrected chi connectivity index (χ2v) is 8.44. The molecule has 0 saturated carbocycles. The monoisotopic (exact) mass is 468 g/mol. The minimum Gasteiger partial charge on any atom is -0.493 e. The zero-order valence-corrected chi connectivity index (χ0v) is 19.7. The van der Waals surface area contributed by atoms with Gasteiger partial charge >= 0.3 is 5.76 Å². The van der Waals surface area contributed by atoms with Crippen LogP contribution in [-0.4, -0.2) is 62.7 Å². The van der Waals surface area contributed by atoms with E-state index in [0.29, 0.717) is 47.1 Å². The van der Waals surface area contributed by atoms with Crippen molar-refractivity contribution >= 4 is 34.3 Å². The summed E-state index contributed by atoms with van der Waals surface area (Å²) in [5, 5.41) is 2.88. The van der Waals surface area contributed by atoms with Crippen LogP contribution in [0.15, 0.2) is 45.6 Å². The lowest BCUT2D eigenvalue weighted by Gasteiger charge is -2.18. The van der Waals surface area contributed by atoms with Crippen molar-refractivity contribution in [3.05, 3.63) is 46.9 Å². The smallest absolute Gasteiger partial charge is 0.419 e. The number of amides is 2. The maximum atomic E-state index is 13.0. The first-order valence-corrected chi connectivity index (χ1v) is 10.9. The Morgan fingerprint density at radius 1 is 1.12 bits per heavy atom. The van der Waals surface area contributed by atoms with Crippen LogP contribution >= 0.6 is 0 Å². The summed E-state index contributed by atoms with van der Waals surface area (Å²) in [7, 11) is 6.92. The summed E-state index contributed by atoms with van der Waals surface area (Å²) in [4.78, 5) is 41.4. The van der Waals surface area contributed by atoms with Gasteiger partial charge in [-0.1, -0.05) is 0 Å². The molecule has 1 atom stereocenters. The maximum Gasteiger partial charge on any atom is 0.419 e. The Balaban J connectivity index is 1.49. The van der Waals surface area contributed by atoms with Gasteiger partial charge in [-0.3, -0.25) is 14.2 Å². The molecule has 2 amide bonds. The normalized spacial score (nSPS) is 15.9. The number of anilines is 2. The van der Waals surface area contributed by atoms with Gasteiger partial charge in [0.1, 0.15) is 0 Å². The molecule has 0 aliphatic carbocycles. The topological polar surface area (TPSA) is 106 Å². The molecule has 0 radical (unpaired) electrons. The van der Waals surface area contributed by atoms with Crippen LogP contribution in [0.4, 0.5) is 11.4 Å². The number of nitrogens with zero attached hydrogens (tertiary/aromatic N) is 3. The molecule has 1 aliphatic heterocycles. The highest BCUT2D eigenvalue weighted by Gasteiger charge is 2.35. The molecule has 10 heteroatoms. The van der Waals surface area contributed by atoms with E-state index in [1.54, 1.807) is 53.0 Å². The van der Waals surface area contributed by atoms with E-state index in [1.165, 1.54) is 7.11 Å². The number of benzene rings is 2. The Bertz CT molecular complexity index is 1280. The Labute approximate surface area is 196 Å². The van der Waals surface area contributed by atoms with Crippen molar-refractivity contribution < 1.29 is 23.5 Å². The van der Waals surface area contributed by atoms with Crippen molar-refractivity contribution in [3.8, 4) is 11.5 Å². The minimum absolute atomic E-state index is 0.0989. The lowest BCUT2D eigenvalue weighted by Crippen LogP contribution is -2.28. The fraction of sp³-hybridized carbons (Fsp3) is 0.375.